The first-order chi connectivity index (χ1) is 12.2. The fraction of sp³-hybridized carbons (Fsp3) is 0.188. The van der Waals surface area contributed by atoms with E-state index in [2.05, 4.69) is 5.32 Å². The highest BCUT2D eigenvalue weighted by atomic mass is 32.2. The van der Waals surface area contributed by atoms with Crippen molar-refractivity contribution < 1.29 is 27.6 Å². The van der Waals surface area contributed by atoms with Gasteiger partial charge in [0.15, 0.2) is 0 Å². The Kier molecular flexibility index (Phi) is 6.09. The van der Waals surface area contributed by atoms with E-state index >= 15 is 0 Å². The van der Waals surface area contributed by atoms with Gasteiger partial charge < -0.3 is 10.1 Å². The molecule has 1 amide bonds. The Hall–Kier alpha value is -2.75. The maximum Gasteiger partial charge on any atom is 0.416 e. The molecule has 6 nitrogen and oxygen atoms in total. The van der Waals surface area contributed by atoms with Crippen LogP contribution in [0, 0.1) is 10.1 Å². The SMILES string of the molecule is CSCC(=O)Nc1ccc(Oc2ccc(C(F)(F)F)cc2[N+](=O)[O-])cc1. The first-order valence-electron chi connectivity index (χ1n) is 7.13. The second-order valence-corrected chi connectivity index (χ2v) is 5.91. The van der Waals surface area contributed by atoms with Gasteiger partial charge in [-0.1, -0.05) is 0 Å². The summed E-state index contributed by atoms with van der Waals surface area (Å²) < 4.78 is 43.4. The normalized spacial score (nSPS) is 11.1. The molecule has 0 saturated carbocycles. The maximum absolute atomic E-state index is 12.7. The highest BCUT2D eigenvalue weighted by Gasteiger charge is 2.33. The minimum atomic E-state index is -4.69. The molecule has 0 saturated heterocycles. The Balaban J connectivity index is 2.20. The Labute approximate surface area is 150 Å². The number of halogens is 3. The minimum absolute atomic E-state index is 0.177. The zero-order valence-electron chi connectivity index (χ0n) is 13.4. The van der Waals surface area contributed by atoms with Crippen LogP contribution in [0.4, 0.5) is 24.5 Å². The summed E-state index contributed by atoms with van der Waals surface area (Å²) in [5, 5.41) is 13.7. The van der Waals surface area contributed by atoms with E-state index in [4.69, 9.17) is 4.74 Å². The molecule has 0 heterocycles. The molecule has 0 unspecified atom stereocenters. The summed E-state index contributed by atoms with van der Waals surface area (Å²) in [7, 11) is 0. The Morgan fingerprint density at radius 3 is 2.42 bits per heavy atom. The molecule has 0 aliphatic heterocycles. The molecule has 0 radical (unpaired) electrons. The number of carbonyl (C=O) groups excluding carboxylic acids is 1. The second-order valence-electron chi connectivity index (χ2n) is 5.05. The molecule has 0 atom stereocenters. The number of rotatable bonds is 6. The van der Waals surface area contributed by atoms with Gasteiger partial charge in [0.1, 0.15) is 5.75 Å². The number of hydrogen-bond donors (Lipinski definition) is 1. The predicted octanol–water partition coefficient (Wildman–Crippen LogP) is 4.71. The Morgan fingerprint density at radius 1 is 1.23 bits per heavy atom. The van der Waals surface area contributed by atoms with Crippen molar-refractivity contribution >= 4 is 29.0 Å². The second kappa shape index (κ2) is 8.09. The van der Waals surface area contributed by atoms with Crippen molar-refractivity contribution in [3.63, 3.8) is 0 Å². The van der Waals surface area contributed by atoms with Gasteiger partial charge in [-0.05, 0) is 42.7 Å². The van der Waals surface area contributed by atoms with Crippen LogP contribution in [0.2, 0.25) is 0 Å². The van der Waals surface area contributed by atoms with Gasteiger partial charge in [0.25, 0.3) is 0 Å². The molecular weight excluding hydrogens is 373 g/mol. The lowest BCUT2D eigenvalue weighted by Crippen LogP contribution is -2.13. The smallest absolute Gasteiger partial charge is 0.416 e. The van der Waals surface area contributed by atoms with Crippen molar-refractivity contribution in [2.75, 3.05) is 17.3 Å². The number of hydrogen-bond acceptors (Lipinski definition) is 5. The molecule has 0 spiro atoms. The van der Waals surface area contributed by atoms with Crippen molar-refractivity contribution in [3.05, 3.63) is 58.1 Å². The van der Waals surface area contributed by atoms with E-state index in [-0.39, 0.29) is 23.2 Å². The number of nitro groups is 1. The van der Waals surface area contributed by atoms with E-state index in [0.29, 0.717) is 17.8 Å². The highest BCUT2D eigenvalue weighted by Crippen LogP contribution is 2.37. The quantitative estimate of drug-likeness (QED) is 0.574. The van der Waals surface area contributed by atoms with Gasteiger partial charge in [-0.25, -0.2) is 0 Å². The van der Waals surface area contributed by atoms with Crippen LogP contribution in [0.1, 0.15) is 5.56 Å². The molecule has 138 valence electrons. The molecule has 0 bridgehead atoms. The number of nitrogens with one attached hydrogen (secondary N) is 1. The van der Waals surface area contributed by atoms with E-state index in [1.165, 1.54) is 36.0 Å². The zero-order valence-corrected chi connectivity index (χ0v) is 14.2. The van der Waals surface area contributed by atoms with Crippen LogP contribution in [0.5, 0.6) is 11.5 Å². The molecule has 2 aromatic rings. The highest BCUT2D eigenvalue weighted by molar-refractivity contribution is 7.99. The number of nitrogens with zero attached hydrogens (tertiary/aromatic N) is 1. The molecule has 2 rings (SSSR count). The standard InChI is InChI=1S/C16H13F3N2O4S/c1-26-9-15(22)20-11-3-5-12(6-4-11)25-14-7-2-10(16(17,18)19)8-13(14)21(23)24/h2-8H,9H2,1H3,(H,20,22). The molecule has 26 heavy (non-hydrogen) atoms. The lowest BCUT2D eigenvalue weighted by Gasteiger charge is -2.10. The van der Waals surface area contributed by atoms with E-state index in [0.717, 1.165) is 6.07 Å². The number of thioether (sulfide) groups is 1. The van der Waals surface area contributed by atoms with Gasteiger partial charge in [-0.2, -0.15) is 24.9 Å². The van der Waals surface area contributed by atoms with Gasteiger partial charge in [-0.15, -0.1) is 0 Å². The van der Waals surface area contributed by atoms with Crippen LogP contribution in [0.25, 0.3) is 0 Å². The monoisotopic (exact) mass is 386 g/mol. The number of carbonyl (C=O) groups is 1. The summed E-state index contributed by atoms with van der Waals surface area (Å²) >= 11 is 1.36. The number of nitro benzene ring substituents is 1. The molecule has 10 heteroatoms. The summed E-state index contributed by atoms with van der Waals surface area (Å²) in [6, 6.07) is 7.94. The van der Waals surface area contributed by atoms with Crippen LogP contribution in [-0.4, -0.2) is 22.8 Å². The lowest BCUT2D eigenvalue weighted by molar-refractivity contribution is -0.385. The number of alkyl halides is 3. The van der Waals surface area contributed by atoms with Crippen molar-refractivity contribution in [1.82, 2.24) is 0 Å². The van der Waals surface area contributed by atoms with Crippen LogP contribution < -0.4 is 10.1 Å². The fourth-order valence-corrected chi connectivity index (χ4v) is 2.32. The van der Waals surface area contributed by atoms with Crippen LogP contribution in [0.3, 0.4) is 0 Å². The Morgan fingerprint density at radius 2 is 1.88 bits per heavy atom. The van der Waals surface area contributed by atoms with Crippen LogP contribution in [-0.2, 0) is 11.0 Å². The fourth-order valence-electron chi connectivity index (χ4n) is 1.98. The third-order valence-electron chi connectivity index (χ3n) is 3.12. The zero-order chi connectivity index (χ0) is 19.3. The molecule has 1 N–H and O–H groups in total. The summed E-state index contributed by atoms with van der Waals surface area (Å²) in [6.45, 7) is 0. The third-order valence-corrected chi connectivity index (χ3v) is 3.68. The van der Waals surface area contributed by atoms with Gasteiger partial charge in [0, 0.05) is 11.8 Å². The van der Waals surface area contributed by atoms with Gasteiger partial charge in [-0.3, -0.25) is 14.9 Å². The van der Waals surface area contributed by atoms with E-state index in [1.54, 1.807) is 6.26 Å². The van der Waals surface area contributed by atoms with Gasteiger partial charge >= 0.3 is 11.9 Å². The van der Waals surface area contributed by atoms with Crippen LogP contribution >= 0.6 is 11.8 Å². The van der Waals surface area contributed by atoms with E-state index < -0.39 is 22.4 Å². The first kappa shape index (κ1) is 19.6. The minimum Gasteiger partial charge on any atom is -0.450 e. The first-order valence-corrected chi connectivity index (χ1v) is 8.52. The molecule has 0 aliphatic carbocycles. The largest absolute Gasteiger partial charge is 0.450 e. The molecule has 0 fully saturated rings. The van der Waals surface area contributed by atoms with Crippen molar-refractivity contribution in [2.24, 2.45) is 0 Å². The number of amides is 1. The summed E-state index contributed by atoms with van der Waals surface area (Å²) in [5.74, 6) is -0.0434. The lowest BCUT2D eigenvalue weighted by atomic mass is 10.2. The number of ether oxygens (including phenoxy) is 1. The number of anilines is 1. The average Bonchev–Trinajstić information content (AvgIpc) is 2.56. The van der Waals surface area contributed by atoms with E-state index in [9.17, 15) is 28.1 Å². The van der Waals surface area contributed by atoms with Crippen molar-refractivity contribution in [2.45, 2.75) is 6.18 Å². The van der Waals surface area contributed by atoms with Crippen molar-refractivity contribution in [1.29, 1.82) is 0 Å². The number of benzene rings is 2. The van der Waals surface area contributed by atoms with Gasteiger partial charge in [0.2, 0.25) is 11.7 Å². The topological polar surface area (TPSA) is 81.5 Å². The molecule has 0 aliphatic rings. The molecular formula is C16H13F3N2O4S. The van der Waals surface area contributed by atoms with E-state index in [1.807, 2.05) is 0 Å². The maximum atomic E-state index is 12.7. The summed E-state index contributed by atoms with van der Waals surface area (Å²) in [5.41, 5.74) is -1.43. The molecule has 0 aromatic heterocycles. The average molecular weight is 386 g/mol. The predicted molar refractivity (Wildman–Crippen MR) is 91.6 cm³/mol. The molecule has 2 aromatic carbocycles. The van der Waals surface area contributed by atoms with Crippen LogP contribution in [0.15, 0.2) is 42.5 Å². The van der Waals surface area contributed by atoms with Gasteiger partial charge in [0.05, 0.1) is 16.2 Å². The summed E-state index contributed by atoms with van der Waals surface area (Å²) in [4.78, 5) is 21.6. The summed E-state index contributed by atoms with van der Waals surface area (Å²) in [6.07, 6.45) is -2.91. The Bertz CT molecular complexity index is 810. The van der Waals surface area contributed by atoms with Crippen molar-refractivity contribution in [3.8, 4) is 11.5 Å². The third kappa shape index (κ3) is 5.12.